The standard InChI is InChI=1S/C18H16F2N2O2/c1-11-2-5-13(6-3-11)22-9-8-16(18(22)24)21-17(23)14-7-4-12(19)10-15(14)20/h2-7,10,16H,8-9H2,1H3,(H,21,23)/t16-/m1/s1. The Labute approximate surface area is 138 Å². The van der Waals surface area contributed by atoms with Crippen molar-refractivity contribution < 1.29 is 18.4 Å². The van der Waals surface area contributed by atoms with Gasteiger partial charge in [0.2, 0.25) is 5.91 Å². The molecule has 1 aliphatic heterocycles. The molecule has 0 aliphatic carbocycles. The van der Waals surface area contributed by atoms with Gasteiger partial charge in [0.1, 0.15) is 17.7 Å². The van der Waals surface area contributed by atoms with Crippen LogP contribution in [-0.4, -0.2) is 24.4 Å². The molecular formula is C18H16F2N2O2. The normalized spacial score (nSPS) is 17.2. The Balaban J connectivity index is 1.71. The molecule has 2 aromatic rings. The molecule has 0 spiro atoms. The van der Waals surface area contributed by atoms with Gasteiger partial charge < -0.3 is 10.2 Å². The van der Waals surface area contributed by atoms with Gasteiger partial charge in [0.25, 0.3) is 5.91 Å². The highest BCUT2D eigenvalue weighted by Gasteiger charge is 2.34. The molecule has 0 bridgehead atoms. The average molecular weight is 330 g/mol. The number of benzene rings is 2. The van der Waals surface area contributed by atoms with Crippen LogP contribution < -0.4 is 10.2 Å². The highest BCUT2D eigenvalue weighted by atomic mass is 19.1. The van der Waals surface area contributed by atoms with E-state index in [0.29, 0.717) is 19.0 Å². The molecule has 0 unspecified atom stereocenters. The number of amides is 2. The molecule has 1 fully saturated rings. The molecule has 1 aliphatic rings. The quantitative estimate of drug-likeness (QED) is 0.941. The fraction of sp³-hybridized carbons (Fsp3) is 0.222. The molecule has 1 atom stereocenters. The van der Waals surface area contributed by atoms with Crippen LogP contribution in [0.2, 0.25) is 0 Å². The van der Waals surface area contributed by atoms with E-state index in [1.54, 1.807) is 4.90 Å². The largest absolute Gasteiger partial charge is 0.340 e. The molecule has 3 rings (SSSR count). The molecule has 1 saturated heterocycles. The van der Waals surface area contributed by atoms with E-state index in [2.05, 4.69) is 5.32 Å². The van der Waals surface area contributed by atoms with Gasteiger partial charge in [-0.15, -0.1) is 0 Å². The van der Waals surface area contributed by atoms with Crippen molar-refractivity contribution in [2.75, 3.05) is 11.4 Å². The third-order valence-electron chi connectivity index (χ3n) is 4.03. The second kappa shape index (κ2) is 6.39. The lowest BCUT2D eigenvalue weighted by atomic mass is 10.1. The molecule has 0 radical (unpaired) electrons. The van der Waals surface area contributed by atoms with Gasteiger partial charge in [0.05, 0.1) is 5.56 Å². The van der Waals surface area contributed by atoms with Gasteiger partial charge in [-0.2, -0.15) is 0 Å². The number of nitrogens with zero attached hydrogens (tertiary/aromatic N) is 1. The van der Waals surface area contributed by atoms with Crippen molar-refractivity contribution in [1.29, 1.82) is 0 Å². The minimum absolute atomic E-state index is 0.241. The number of carbonyl (C=O) groups excluding carboxylic acids is 2. The summed E-state index contributed by atoms with van der Waals surface area (Å²) in [4.78, 5) is 26.2. The second-order valence-corrected chi connectivity index (χ2v) is 5.76. The van der Waals surface area contributed by atoms with Crippen LogP contribution in [0.15, 0.2) is 42.5 Å². The van der Waals surface area contributed by atoms with E-state index in [9.17, 15) is 18.4 Å². The number of halogens is 2. The van der Waals surface area contributed by atoms with Crippen LogP contribution >= 0.6 is 0 Å². The van der Waals surface area contributed by atoms with Crippen molar-refractivity contribution >= 4 is 17.5 Å². The molecule has 2 aromatic carbocycles. The smallest absolute Gasteiger partial charge is 0.254 e. The summed E-state index contributed by atoms with van der Waals surface area (Å²) >= 11 is 0. The van der Waals surface area contributed by atoms with Crippen LogP contribution in [0.25, 0.3) is 0 Å². The Kier molecular flexibility index (Phi) is 4.29. The van der Waals surface area contributed by atoms with E-state index in [-0.39, 0.29) is 11.5 Å². The first-order valence-electron chi connectivity index (χ1n) is 7.59. The van der Waals surface area contributed by atoms with Gasteiger partial charge in [-0.05, 0) is 37.6 Å². The van der Waals surface area contributed by atoms with Gasteiger partial charge in [0, 0.05) is 18.3 Å². The SMILES string of the molecule is Cc1ccc(N2CC[C@@H](NC(=O)c3ccc(F)cc3F)C2=O)cc1. The van der Waals surface area contributed by atoms with E-state index in [1.807, 2.05) is 31.2 Å². The summed E-state index contributed by atoms with van der Waals surface area (Å²) in [6.45, 7) is 2.43. The van der Waals surface area contributed by atoms with Crippen LogP contribution in [0.5, 0.6) is 0 Å². The molecule has 4 nitrogen and oxygen atoms in total. The van der Waals surface area contributed by atoms with Crippen LogP contribution in [0.1, 0.15) is 22.3 Å². The summed E-state index contributed by atoms with van der Waals surface area (Å²) in [6.07, 6.45) is 0.432. The van der Waals surface area contributed by atoms with E-state index in [0.717, 1.165) is 23.4 Å². The van der Waals surface area contributed by atoms with E-state index in [4.69, 9.17) is 0 Å². The number of hydrogen-bond acceptors (Lipinski definition) is 2. The van der Waals surface area contributed by atoms with Gasteiger partial charge in [-0.25, -0.2) is 8.78 Å². The molecule has 1 heterocycles. The molecule has 2 amide bonds. The van der Waals surface area contributed by atoms with Gasteiger partial charge >= 0.3 is 0 Å². The maximum Gasteiger partial charge on any atom is 0.254 e. The lowest BCUT2D eigenvalue weighted by Crippen LogP contribution is -2.41. The van der Waals surface area contributed by atoms with Gasteiger partial charge in [-0.3, -0.25) is 9.59 Å². The average Bonchev–Trinajstić information content (AvgIpc) is 2.89. The maximum atomic E-state index is 13.7. The topological polar surface area (TPSA) is 49.4 Å². The lowest BCUT2D eigenvalue weighted by molar-refractivity contribution is -0.118. The number of aryl methyl sites for hydroxylation is 1. The molecule has 6 heteroatoms. The first kappa shape index (κ1) is 16.1. The number of hydrogen-bond donors (Lipinski definition) is 1. The van der Waals surface area contributed by atoms with Crippen molar-refractivity contribution in [3.05, 3.63) is 65.2 Å². The Bertz CT molecular complexity index is 790. The fourth-order valence-electron chi connectivity index (χ4n) is 2.70. The maximum absolute atomic E-state index is 13.7. The lowest BCUT2D eigenvalue weighted by Gasteiger charge is -2.17. The predicted molar refractivity (Wildman–Crippen MR) is 85.8 cm³/mol. The third-order valence-corrected chi connectivity index (χ3v) is 4.03. The van der Waals surface area contributed by atoms with E-state index >= 15 is 0 Å². The number of rotatable bonds is 3. The van der Waals surface area contributed by atoms with Crippen LogP contribution in [0.4, 0.5) is 14.5 Å². The zero-order valence-electron chi connectivity index (χ0n) is 13.1. The molecule has 1 N–H and O–H groups in total. The minimum Gasteiger partial charge on any atom is -0.340 e. The summed E-state index contributed by atoms with van der Waals surface area (Å²) in [6, 6.07) is 9.50. The first-order valence-corrected chi connectivity index (χ1v) is 7.59. The second-order valence-electron chi connectivity index (χ2n) is 5.76. The van der Waals surface area contributed by atoms with Gasteiger partial charge in [-0.1, -0.05) is 17.7 Å². The summed E-state index contributed by atoms with van der Waals surface area (Å²) in [5.41, 5.74) is 1.57. The van der Waals surface area contributed by atoms with Crippen molar-refractivity contribution in [3.63, 3.8) is 0 Å². The van der Waals surface area contributed by atoms with E-state index in [1.165, 1.54) is 0 Å². The third kappa shape index (κ3) is 3.13. The van der Waals surface area contributed by atoms with Crippen LogP contribution in [-0.2, 0) is 4.79 Å². The number of nitrogens with one attached hydrogen (secondary N) is 1. The summed E-state index contributed by atoms with van der Waals surface area (Å²) in [5.74, 6) is -2.67. The Hall–Kier alpha value is -2.76. The number of anilines is 1. The van der Waals surface area contributed by atoms with E-state index < -0.39 is 23.6 Å². The highest BCUT2D eigenvalue weighted by molar-refractivity contribution is 6.03. The minimum atomic E-state index is -0.951. The summed E-state index contributed by atoms with van der Waals surface area (Å²) in [7, 11) is 0. The molecule has 24 heavy (non-hydrogen) atoms. The van der Waals surface area contributed by atoms with Gasteiger partial charge in [0.15, 0.2) is 0 Å². The summed E-state index contributed by atoms with van der Waals surface area (Å²) < 4.78 is 26.6. The summed E-state index contributed by atoms with van der Waals surface area (Å²) in [5, 5.41) is 2.52. The Morgan fingerprint density at radius 1 is 1.17 bits per heavy atom. The predicted octanol–water partition coefficient (Wildman–Crippen LogP) is 2.81. The molecule has 124 valence electrons. The fourth-order valence-corrected chi connectivity index (χ4v) is 2.70. The molecular weight excluding hydrogens is 314 g/mol. The van der Waals surface area contributed by atoms with Crippen molar-refractivity contribution in [1.82, 2.24) is 5.32 Å². The van der Waals surface area contributed by atoms with Crippen molar-refractivity contribution in [2.24, 2.45) is 0 Å². The zero-order chi connectivity index (χ0) is 17.3. The Morgan fingerprint density at radius 2 is 1.88 bits per heavy atom. The molecule has 0 saturated carbocycles. The Morgan fingerprint density at radius 3 is 2.54 bits per heavy atom. The highest BCUT2D eigenvalue weighted by Crippen LogP contribution is 2.22. The van der Waals surface area contributed by atoms with Crippen LogP contribution in [0, 0.1) is 18.6 Å². The number of carbonyl (C=O) groups is 2. The molecule has 0 aromatic heterocycles. The first-order chi connectivity index (χ1) is 11.5. The van der Waals surface area contributed by atoms with Crippen molar-refractivity contribution in [3.8, 4) is 0 Å². The zero-order valence-corrected chi connectivity index (χ0v) is 13.1. The van der Waals surface area contributed by atoms with Crippen molar-refractivity contribution in [2.45, 2.75) is 19.4 Å². The van der Waals surface area contributed by atoms with Crippen LogP contribution in [0.3, 0.4) is 0 Å². The monoisotopic (exact) mass is 330 g/mol.